The number of methoxy groups -OCH3 is 1. The molecule has 0 heterocycles. The molecule has 0 spiro atoms. The van der Waals surface area contributed by atoms with E-state index in [0.717, 1.165) is 19.6 Å². The zero-order chi connectivity index (χ0) is 16.4. The Morgan fingerprint density at radius 3 is 2.50 bits per heavy atom. The van der Waals surface area contributed by atoms with Crippen molar-refractivity contribution in [1.82, 2.24) is 10.2 Å². The Balaban J connectivity index is 2.52. The number of amides is 2. The first kappa shape index (κ1) is 18.1. The third kappa shape index (κ3) is 5.81. The summed E-state index contributed by atoms with van der Waals surface area (Å²) >= 11 is 0. The van der Waals surface area contributed by atoms with Crippen molar-refractivity contribution < 1.29 is 14.3 Å². The van der Waals surface area contributed by atoms with Gasteiger partial charge in [-0.1, -0.05) is 13.8 Å². The third-order valence-corrected chi connectivity index (χ3v) is 3.33. The van der Waals surface area contributed by atoms with Gasteiger partial charge in [0.2, 0.25) is 0 Å². The lowest BCUT2D eigenvalue weighted by molar-refractivity contribution is 0.248. The predicted octanol–water partition coefficient (Wildman–Crippen LogP) is 2.56. The molecule has 0 aliphatic rings. The fourth-order valence-electron chi connectivity index (χ4n) is 2.07. The number of nitrogens with one attached hydrogen (secondary N) is 2. The molecule has 1 rings (SSSR count). The second kappa shape index (κ2) is 9.89. The first-order valence-corrected chi connectivity index (χ1v) is 7.72. The average Bonchev–Trinajstić information content (AvgIpc) is 2.52. The zero-order valence-corrected chi connectivity index (χ0v) is 13.9. The number of carbonyl (C=O) groups is 1. The van der Waals surface area contributed by atoms with Gasteiger partial charge in [0.05, 0.1) is 13.7 Å². The van der Waals surface area contributed by atoms with E-state index in [1.807, 2.05) is 6.92 Å². The molecule has 22 heavy (non-hydrogen) atoms. The minimum absolute atomic E-state index is 0.222. The number of benzene rings is 1. The summed E-state index contributed by atoms with van der Waals surface area (Å²) in [5.41, 5.74) is 0.671. The fraction of sp³-hybridized carbons (Fsp3) is 0.562. The monoisotopic (exact) mass is 309 g/mol. The van der Waals surface area contributed by atoms with E-state index >= 15 is 0 Å². The summed E-state index contributed by atoms with van der Waals surface area (Å²) in [5, 5.41) is 5.64. The Bertz CT molecular complexity index is 462. The van der Waals surface area contributed by atoms with Crippen LogP contribution in [0.25, 0.3) is 0 Å². The minimum atomic E-state index is -0.222. The zero-order valence-electron chi connectivity index (χ0n) is 13.9. The number of anilines is 1. The molecule has 0 saturated carbocycles. The highest BCUT2D eigenvalue weighted by Gasteiger charge is 2.08. The van der Waals surface area contributed by atoms with Gasteiger partial charge in [-0.2, -0.15) is 0 Å². The average molecular weight is 309 g/mol. The van der Waals surface area contributed by atoms with Crippen LogP contribution in [0.2, 0.25) is 0 Å². The van der Waals surface area contributed by atoms with E-state index in [1.165, 1.54) is 0 Å². The van der Waals surface area contributed by atoms with Crippen LogP contribution in [-0.4, -0.2) is 50.8 Å². The molecule has 0 saturated heterocycles. The van der Waals surface area contributed by atoms with E-state index in [2.05, 4.69) is 29.4 Å². The molecular formula is C16H27N3O3. The Morgan fingerprint density at radius 2 is 1.91 bits per heavy atom. The first-order valence-electron chi connectivity index (χ1n) is 7.72. The molecule has 0 aliphatic heterocycles. The third-order valence-electron chi connectivity index (χ3n) is 3.33. The van der Waals surface area contributed by atoms with Crippen molar-refractivity contribution in [2.45, 2.75) is 20.8 Å². The number of ether oxygens (including phenoxy) is 2. The maximum atomic E-state index is 11.9. The van der Waals surface area contributed by atoms with Crippen molar-refractivity contribution in [3.63, 3.8) is 0 Å². The summed E-state index contributed by atoms with van der Waals surface area (Å²) in [6.07, 6.45) is 0. The highest BCUT2D eigenvalue weighted by Crippen LogP contribution is 2.30. The molecule has 6 nitrogen and oxygen atoms in total. The Labute approximate surface area is 132 Å². The molecule has 124 valence electrons. The molecule has 1 aromatic rings. The largest absolute Gasteiger partial charge is 0.493 e. The number of urea groups is 1. The van der Waals surface area contributed by atoms with Crippen LogP contribution in [0.15, 0.2) is 18.2 Å². The number of carbonyl (C=O) groups excluding carboxylic acids is 1. The van der Waals surface area contributed by atoms with Crippen LogP contribution in [0.3, 0.4) is 0 Å². The van der Waals surface area contributed by atoms with Gasteiger partial charge in [-0.25, -0.2) is 4.79 Å². The topological polar surface area (TPSA) is 62.8 Å². The van der Waals surface area contributed by atoms with Crippen LogP contribution in [0.5, 0.6) is 11.5 Å². The lowest BCUT2D eigenvalue weighted by Crippen LogP contribution is -2.36. The van der Waals surface area contributed by atoms with Crippen molar-refractivity contribution in [1.29, 1.82) is 0 Å². The van der Waals surface area contributed by atoms with Gasteiger partial charge in [0, 0.05) is 24.8 Å². The molecule has 0 aliphatic carbocycles. The molecule has 0 fully saturated rings. The molecule has 0 bridgehead atoms. The lowest BCUT2D eigenvalue weighted by Gasteiger charge is -2.18. The number of rotatable bonds is 9. The molecule has 2 amide bonds. The molecule has 6 heteroatoms. The maximum absolute atomic E-state index is 11.9. The summed E-state index contributed by atoms with van der Waals surface area (Å²) in [6.45, 7) is 10.1. The smallest absolute Gasteiger partial charge is 0.319 e. The van der Waals surface area contributed by atoms with Crippen molar-refractivity contribution in [3.8, 4) is 11.5 Å². The summed E-state index contributed by atoms with van der Waals surface area (Å²) in [4.78, 5) is 14.1. The van der Waals surface area contributed by atoms with Crippen LogP contribution in [-0.2, 0) is 0 Å². The fourth-order valence-corrected chi connectivity index (χ4v) is 2.07. The molecular weight excluding hydrogens is 282 g/mol. The quantitative estimate of drug-likeness (QED) is 0.736. The van der Waals surface area contributed by atoms with Crippen molar-refractivity contribution >= 4 is 11.7 Å². The van der Waals surface area contributed by atoms with E-state index in [9.17, 15) is 4.79 Å². The van der Waals surface area contributed by atoms with Gasteiger partial charge in [0.1, 0.15) is 0 Å². The number of hydrogen-bond acceptors (Lipinski definition) is 4. The molecule has 2 N–H and O–H groups in total. The number of likely N-dealkylation sites (N-methyl/N-ethyl adjacent to an activating group) is 1. The van der Waals surface area contributed by atoms with E-state index in [0.29, 0.717) is 30.3 Å². The lowest BCUT2D eigenvalue weighted by atomic mass is 10.2. The van der Waals surface area contributed by atoms with Gasteiger partial charge in [-0.05, 0) is 32.1 Å². The van der Waals surface area contributed by atoms with Crippen molar-refractivity contribution in [2.24, 2.45) is 0 Å². The van der Waals surface area contributed by atoms with Gasteiger partial charge in [-0.3, -0.25) is 0 Å². The van der Waals surface area contributed by atoms with E-state index in [-0.39, 0.29) is 6.03 Å². The summed E-state index contributed by atoms with van der Waals surface area (Å²) in [7, 11) is 1.59. The van der Waals surface area contributed by atoms with Gasteiger partial charge < -0.3 is 25.0 Å². The standard InChI is InChI=1S/C16H27N3O3/c1-5-19(6-2)11-10-17-16(20)18-13-8-9-14(21-4)15(12-13)22-7-3/h8-9,12H,5-7,10-11H2,1-4H3,(H2,17,18,20). The number of nitrogens with zero attached hydrogens (tertiary/aromatic N) is 1. The Morgan fingerprint density at radius 1 is 1.18 bits per heavy atom. The first-order chi connectivity index (χ1) is 10.6. The normalized spacial score (nSPS) is 10.4. The van der Waals surface area contributed by atoms with Crippen molar-refractivity contribution in [2.75, 3.05) is 45.2 Å². The van der Waals surface area contributed by atoms with Gasteiger partial charge in [-0.15, -0.1) is 0 Å². The number of hydrogen-bond donors (Lipinski definition) is 2. The van der Waals surface area contributed by atoms with Gasteiger partial charge >= 0.3 is 6.03 Å². The van der Waals surface area contributed by atoms with Crippen LogP contribution in [0.4, 0.5) is 10.5 Å². The maximum Gasteiger partial charge on any atom is 0.319 e. The van der Waals surface area contributed by atoms with Crippen molar-refractivity contribution in [3.05, 3.63) is 18.2 Å². The van der Waals surface area contributed by atoms with E-state index in [1.54, 1.807) is 25.3 Å². The predicted molar refractivity (Wildman–Crippen MR) is 89.0 cm³/mol. The Hall–Kier alpha value is -1.95. The molecule has 0 atom stereocenters. The van der Waals surface area contributed by atoms with Crippen LogP contribution >= 0.6 is 0 Å². The second-order valence-electron chi connectivity index (χ2n) is 4.71. The van der Waals surface area contributed by atoms with Gasteiger partial charge in [0.15, 0.2) is 11.5 Å². The van der Waals surface area contributed by atoms with Crippen LogP contribution in [0.1, 0.15) is 20.8 Å². The van der Waals surface area contributed by atoms with Crippen LogP contribution in [0, 0.1) is 0 Å². The summed E-state index contributed by atoms with van der Waals surface area (Å²) in [5.74, 6) is 1.26. The SMILES string of the molecule is CCOc1cc(NC(=O)NCCN(CC)CC)ccc1OC. The molecule has 0 unspecified atom stereocenters. The van der Waals surface area contributed by atoms with E-state index in [4.69, 9.17) is 9.47 Å². The molecule has 0 aromatic heterocycles. The summed E-state index contributed by atoms with van der Waals surface area (Å²) in [6, 6.07) is 5.09. The Kier molecular flexibility index (Phi) is 8.14. The second-order valence-corrected chi connectivity index (χ2v) is 4.71. The van der Waals surface area contributed by atoms with Crippen LogP contribution < -0.4 is 20.1 Å². The highest BCUT2D eigenvalue weighted by molar-refractivity contribution is 5.89. The molecule has 0 radical (unpaired) electrons. The summed E-state index contributed by atoms with van der Waals surface area (Å²) < 4.78 is 10.7. The highest BCUT2D eigenvalue weighted by atomic mass is 16.5. The van der Waals surface area contributed by atoms with Gasteiger partial charge in [0.25, 0.3) is 0 Å². The molecule has 1 aromatic carbocycles. The van der Waals surface area contributed by atoms with E-state index < -0.39 is 0 Å². The minimum Gasteiger partial charge on any atom is -0.493 e.